The maximum Gasteiger partial charge on any atom is 0.129 e. The Bertz CT molecular complexity index is 759. The lowest BCUT2D eigenvalue weighted by molar-refractivity contribution is 0.209. The van der Waals surface area contributed by atoms with Gasteiger partial charge < -0.3 is 5.11 Å². The maximum atomic E-state index is 13.7. The van der Waals surface area contributed by atoms with Crippen molar-refractivity contribution in [1.29, 1.82) is 0 Å². The first-order valence-electron chi connectivity index (χ1n) is 6.26. The Hall–Kier alpha value is -2.60. The molecule has 21 heavy (non-hydrogen) atoms. The third kappa shape index (κ3) is 2.66. The Morgan fingerprint density at radius 1 is 1.05 bits per heavy atom. The molecule has 0 aliphatic rings. The lowest BCUT2D eigenvalue weighted by Crippen LogP contribution is -2.05. The highest BCUT2D eigenvalue weighted by molar-refractivity contribution is 5.30. The number of nitrogens with zero attached hydrogens (tertiary/aromatic N) is 3. The number of hydrogen-bond acceptors (Lipinski definition) is 3. The molecule has 1 N–H and O–H groups in total. The maximum absolute atomic E-state index is 13.7. The summed E-state index contributed by atoms with van der Waals surface area (Å²) in [6, 6.07) is 12.0. The molecular weight excluding hydrogens is 276 g/mol. The van der Waals surface area contributed by atoms with Gasteiger partial charge in [-0.2, -0.15) is 15.0 Å². The molecule has 1 aromatic heterocycles. The molecule has 0 amide bonds. The third-order valence-corrected chi connectivity index (χ3v) is 3.03. The van der Waals surface area contributed by atoms with Crippen molar-refractivity contribution in [1.82, 2.24) is 15.0 Å². The van der Waals surface area contributed by atoms with Crippen LogP contribution in [0.3, 0.4) is 0 Å². The van der Waals surface area contributed by atoms with Crippen molar-refractivity contribution in [3.05, 3.63) is 77.6 Å². The highest BCUT2D eigenvalue weighted by atomic mass is 19.1. The molecule has 0 fully saturated rings. The van der Waals surface area contributed by atoms with Crippen LogP contribution >= 0.6 is 0 Å². The molecule has 2 aromatic carbocycles. The molecule has 6 heteroatoms. The number of para-hydroxylation sites is 1. The summed E-state index contributed by atoms with van der Waals surface area (Å²) in [5, 5.41) is 18.2. The highest BCUT2D eigenvalue weighted by Gasteiger charge is 2.19. The minimum atomic E-state index is -1.38. The zero-order chi connectivity index (χ0) is 14.8. The Kier molecular flexibility index (Phi) is 3.45. The largest absolute Gasteiger partial charge is 0.382 e. The van der Waals surface area contributed by atoms with E-state index in [1.165, 1.54) is 11.0 Å². The average Bonchev–Trinajstić information content (AvgIpc) is 3.00. The van der Waals surface area contributed by atoms with Crippen molar-refractivity contribution in [2.24, 2.45) is 0 Å². The van der Waals surface area contributed by atoms with Gasteiger partial charge in [-0.3, -0.25) is 0 Å². The minimum absolute atomic E-state index is 0.142. The van der Waals surface area contributed by atoms with Crippen molar-refractivity contribution in [3.63, 3.8) is 0 Å². The number of aliphatic hydroxyl groups is 1. The fraction of sp³-hybridized carbons (Fsp3) is 0.0667. The average molecular weight is 287 g/mol. The standard InChI is InChI=1S/C15H11F2N3O/c16-10-6-7-13(17)12(8-10)15(21)14-9-18-20(19-14)11-4-2-1-3-5-11/h1-9,15,21H. The number of aliphatic hydroxyl groups excluding tert-OH is 1. The number of hydrogen-bond donors (Lipinski definition) is 1. The van der Waals surface area contributed by atoms with Crippen molar-refractivity contribution in [2.45, 2.75) is 6.10 Å². The van der Waals surface area contributed by atoms with Crippen molar-refractivity contribution in [3.8, 4) is 5.69 Å². The van der Waals surface area contributed by atoms with Gasteiger partial charge in [0.2, 0.25) is 0 Å². The SMILES string of the molecule is OC(c1cnn(-c2ccccc2)n1)c1cc(F)ccc1F. The molecule has 3 aromatic rings. The van der Waals surface area contributed by atoms with E-state index in [-0.39, 0.29) is 11.3 Å². The molecule has 0 saturated carbocycles. The van der Waals surface area contributed by atoms with E-state index in [1.54, 1.807) is 12.1 Å². The molecule has 1 unspecified atom stereocenters. The summed E-state index contributed by atoms with van der Waals surface area (Å²) in [5.74, 6) is -1.32. The van der Waals surface area contributed by atoms with Gasteiger partial charge in [0.25, 0.3) is 0 Å². The van der Waals surface area contributed by atoms with Crippen molar-refractivity contribution in [2.75, 3.05) is 0 Å². The summed E-state index contributed by atoms with van der Waals surface area (Å²) >= 11 is 0. The summed E-state index contributed by atoms with van der Waals surface area (Å²) in [6.45, 7) is 0. The van der Waals surface area contributed by atoms with Crippen molar-refractivity contribution < 1.29 is 13.9 Å². The smallest absolute Gasteiger partial charge is 0.129 e. The molecule has 1 heterocycles. The molecule has 0 spiro atoms. The topological polar surface area (TPSA) is 50.9 Å². The third-order valence-electron chi connectivity index (χ3n) is 3.03. The fourth-order valence-electron chi connectivity index (χ4n) is 1.97. The van der Waals surface area contributed by atoms with E-state index in [1.807, 2.05) is 18.2 Å². The first-order chi connectivity index (χ1) is 10.1. The first-order valence-corrected chi connectivity index (χ1v) is 6.26. The monoisotopic (exact) mass is 287 g/mol. The van der Waals surface area contributed by atoms with Crippen LogP contribution in [0.4, 0.5) is 8.78 Å². The Morgan fingerprint density at radius 3 is 2.57 bits per heavy atom. The molecular formula is C15H11F2N3O. The molecule has 1 atom stereocenters. The Labute approximate surface area is 119 Å². The van der Waals surface area contributed by atoms with Crippen LogP contribution in [0, 0.1) is 11.6 Å². The van der Waals surface area contributed by atoms with Crippen LogP contribution in [0.15, 0.2) is 54.7 Å². The zero-order valence-electron chi connectivity index (χ0n) is 10.8. The van der Waals surface area contributed by atoms with E-state index in [9.17, 15) is 13.9 Å². The van der Waals surface area contributed by atoms with Gasteiger partial charge >= 0.3 is 0 Å². The molecule has 0 radical (unpaired) electrons. The lowest BCUT2D eigenvalue weighted by atomic mass is 10.1. The van der Waals surface area contributed by atoms with E-state index in [2.05, 4.69) is 10.2 Å². The van der Waals surface area contributed by atoms with E-state index in [0.717, 1.165) is 18.2 Å². The lowest BCUT2D eigenvalue weighted by Gasteiger charge is -2.08. The van der Waals surface area contributed by atoms with Crippen LogP contribution in [-0.4, -0.2) is 20.1 Å². The van der Waals surface area contributed by atoms with Gasteiger partial charge in [-0.25, -0.2) is 8.78 Å². The van der Waals surface area contributed by atoms with Crippen LogP contribution in [0.25, 0.3) is 5.69 Å². The van der Waals surface area contributed by atoms with E-state index in [4.69, 9.17) is 0 Å². The highest BCUT2D eigenvalue weighted by Crippen LogP contribution is 2.23. The quantitative estimate of drug-likeness (QED) is 0.805. The van der Waals surface area contributed by atoms with Gasteiger partial charge in [0, 0.05) is 5.56 Å². The second-order valence-corrected chi connectivity index (χ2v) is 4.46. The predicted molar refractivity (Wildman–Crippen MR) is 71.8 cm³/mol. The van der Waals surface area contributed by atoms with E-state index >= 15 is 0 Å². The molecule has 0 aliphatic carbocycles. The van der Waals surface area contributed by atoms with Crippen LogP contribution < -0.4 is 0 Å². The van der Waals surface area contributed by atoms with Crippen LogP contribution in [-0.2, 0) is 0 Å². The summed E-state index contributed by atoms with van der Waals surface area (Å²) in [6.07, 6.45) is -0.0553. The van der Waals surface area contributed by atoms with Gasteiger partial charge in [0.1, 0.15) is 23.4 Å². The van der Waals surface area contributed by atoms with Gasteiger partial charge in [-0.05, 0) is 30.3 Å². The number of rotatable bonds is 3. The normalized spacial score (nSPS) is 12.3. The molecule has 106 valence electrons. The summed E-state index contributed by atoms with van der Waals surface area (Å²) in [4.78, 5) is 1.32. The first kappa shape index (κ1) is 13.4. The second kappa shape index (κ2) is 5.41. The summed E-state index contributed by atoms with van der Waals surface area (Å²) in [5.41, 5.74) is 0.675. The summed E-state index contributed by atoms with van der Waals surface area (Å²) < 4.78 is 26.8. The van der Waals surface area contributed by atoms with Crippen LogP contribution in [0.2, 0.25) is 0 Å². The summed E-state index contributed by atoms with van der Waals surface area (Å²) in [7, 11) is 0. The number of benzene rings is 2. The van der Waals surface area contributed by atoms with Gasteiger partial charge in [0.15, 0.2) is 0 Å². The van der Waals surface area contributed by atoms with Crippen LogP contribution in [0.5, 0.6) is 0 Å². The van der Waals surface area contributed by atoms with Crippen molar-refractivity contribution >= 4 is 0 Å². The minimum Gasteiger partial charge on any atom is -0.382 e. The molecule has 0 saturated heterocycles. The molecule has 4 nitrogen and oxygen atoms in total. The number of aromatic nitrogens is 3. The molecule has 0 bridgehead atoms. The predicted octanol–water partition coefficient (Wildman–Crippen LogP) is 2.63. The van der Waals surface area contributed by atoms with Crippen LogP contribution in [0.1, 0.15) is 17.4 Å². The molecule has 0 aliphatic heterocycles. The number of halogens is 2. The Morgan fingerprint density at radius 2 is 1.81 bits per heavy atom. The van der Waals surface area contributed by atoms with E-state index < -0.39 is 17.7 Å². The van der Waals surface area contributed by atoms with Gasteiger partial charge in [-0.1, -0.05) is 18.2 Å². The fourth-order valence-corrected chi connectivity index (χ4v) is 1.97. The van der Waals surface area contributed by atoms with E-state index in [0.29, 0.717) is 5.69 Å². The Balaban J connectivity index is 1.94. The van der Waals surface area contributed by atoms with Gasteiger partial charge in [0.05, 0.1) is 11.9 Å². The van der Waals surface area contributed by atoms with Gasteiger partial charge in [-0.15, -0.1) is 0 Å². The zero-order valence-corrected chi connectivity index (χ0v) is 10.8. The second-order valence-electron chi connectivity index (χ2n) is 4.46. The molecule has 3 rings (SSSR count).